The number of anilines is 1. The maximum Gasteiger partial charge on any atom is 0.106 e. The second-order valence-electron chi connectivity index (χ2n) is 5.81. The Hall–Kier alpha value is -1.48. The fourth-order valence-electron chi connectivity index (χ4n) is 3.18. The van der Waals surface area contributed by atoms with Gasteiger partial charge in [0.25, 0.3) is 0 Å². The van der Waals surface area contributed by atoms with Crippen molar-refractivity contribution in [2.24, 2.45) is 5.92 Å². The van der Waals surface area contributed by atoms with E-state index in [4.69, 9.17) is 11.6 Å². The third-order valence-corrected chi connectivity index (χ3v) is 4.62. The summed E-state index contributed by atoms with van der Waals surface area (Å²) in [5.41, 5.74) is 2.00. The lowest BCUT2D eigenvalue weighted by Crippen LogP contribution is -2.13. The van der Waals surface area contributed by atoms with Crippen LogP contribution < -0.4 is 5.32 Å². The number of aromatic nitrogens is 2. The summed E-state index contributed by atoms with van der Waals surface area (Å²) in [6.07, 6.45) is 11.9. The number of rotatable bonds is 5. The lowest BCUT2D eigenvalue weighted by molar-refractivity contribution is 0.345. The second-order valence-corrected chi connectivity index (χ2v) is 6.21. The van der Waals surface area contributed by atoms with Crippen molar-refractivity contribution in [1.29, 1.82) is 0 Å². The van der Waals surface area contributed by atoms with Gasteiger partial charge in [0.1, 0.15) is 5.69 Å². The lowest BCUT2D eigenvalue weighted by atomic mass is 9.87. The van der Waals surface area contributed by atoms with E-state index in [-0.39, 0.29) is 0 Å². The first kappa shape index (κ1) is 14.5. The van der Waals surface area contributed by atoms with Crippen LogP contribution in [0.2, 0.25) is 5.02 Å². The van der Waals surface area contributed by atoms with Gasteiger partial charge in [-0.05, 0) is 30.5 Å². The molecule has 1 N–H and O–H groups in total. The molecule has 1 aromatic heterocycles. The maximum atomic E-state index is 6.35. The van der Waals surface area contributed by atoms with E-state index >= 15 is 0 Å². The molecule has 0 radical (unpaired) electrons. The Morgan fingerprint density at radius 3 is 2.81 bits per heavy atom. The van der Waals surface area contributed by atoms with Crippen LogP contribution in [0, 0.1) is 5.92 Å². The fraction of sp³-hybridized carbons (Fsp3) is 0.471. The largest absolute Gasteiger partial charge is 0.383 e. The van der Waals surface area contributed by atoms with Gasteiger partial charge in [0, 0.05) is 18.9 Å². The molecule has 0 saturated heterocycles. The summed E-state index contributed by atoms with van der Waals surface area (Å²) in [6, 6.07) is 7.88. The van der Waals surface area contributed by atoms with Gasteiger partial charge in [-0.25, -0.2) is 4.68 Å². The molecule has 1 heterocycles. The smallest absolute Gasteiger partial charge is 0.106 e. The summed E-state index contributed by atoms with van der Waals surface area (Å²) >= 11 is 6.35. The number of benzene rings is 1. The van der Waals surface area contributed by atoms with Crippen molar-refractivity contribution in [2.75, 3.05) is 11.9 Å². The van der Waals surface area contributed by atoms with Crippen LogP contribution in [0.25, 0.3) is 5.69 Å². The van der Waals surface area contributed by atoms with Crippen molar-refractivity contribution in [1.82, 2.24) is 9.78 Å². The average Bonchev–Trinajstić information content (AvgIpc) is 3.02. The monoisotopic (exact) mass is 303 g/mol. The van der Waals surface area contributed by atoms with Gasteiger partial charge in [-0.15, -0.1) is 0 Å². The Labute approximate surface area is 131 Å². The van der Waals surface area contributed by atoms with Crippen LogP contribution in [-0.4, -0.2) is 16.3 Å². The zero-order chi connectivity index (χ0) is 14.5. The number of nitrogens with zero attached hydrogens (tertiary/aromatic N) is 2. The molecular weight excluding hydrogens is 282 g/mol. The van der Waals surface area contributed by atoms with Crippen molar-refractivity contribution >= 4 is 17.3 Å². The average molecular weight is 304 g/mol. The van der Waals surface area contributed by atoms with Gasteiger partial charge in [-0.3, -0.25) is 0 Å². The van der Waals surface area contributed by atoms with E-state index in [1.807, 2.05) is 29.1 Å². The topological polar surface area (TPSA) is 29.9 Å². The first-order valence-electron chi connectivity index (χ1n) is 7.87. The molecule has 112 valence electrons. The van der Waals surface area contributed by atoms with Gasteiger partial charge in [0.2, 0.25) is 0 Å². The molecule has 0 atom stereocenters. The number of nitrogens with one attached hydrogen (secondary N) is 1. The molecule has 0 spiro atoms. The van der Waals surface area contributed by atoms with E-state index in [1.54, 1.807) is 6.20 Å². The first-order valence-corrected chi connectivity index (χ1v) is 8.25. The van der Waals surface area contributed by atoms with Crippen molar-refractivity contribution in [3.8, 4) is 5.69 Å². The van der Waals surface area contributed by atoms with Crippen LogP contribution in [0.3, 0.4) is 0 Å². The molecule has 0 aliphatic heterocycles. The van der Waals surface area contributed by atoms with Crippen LogP contribution in [-0.2, 0) is 0 Å². The third kappa shape index (κ3) is 3.59. The molecule has 1 aromatic carbocycles. The Kier molecular flexibility index (Phi) is 4.81. The molecule has 3 rings (SSSR count). The molecule has 1 aliphatic rings. The molecular formula is C17H22ClN3. The Balaban J connectivity index is 1.66. The molecule has 4 heteroatoms. The van der Waals surface area contributed by atoms with E-state index in [9.17, 15) is 0 Å². The van der Waals surface area contributed by atoms with Crippen LogP contribution in [0.15, 0.2) is 36.7 Å². The molecule has 0 amide bonds. The predicted octanol–water partition coefficient (Wildman–Crippen LogP) is 4.91. The summed E-state index contributed by atoms with van der Waals surface area (Å²) in [7, 11) is 0. The summed E-state index contributed by atoms with van der Waals surface area (Å²) in [5, 5.41) is 8.57. The molecule has 2 aromatic rings. The first-order chi connectivity index (χ1) is 10.3. The molecule has 1 aliphatic carbocycles. The summed E-state index contributed by atoms with van der Waals surface area (Å²) in [4.78, 5) is 0. The van der Waals surface area contributed by atoms with Crippen LogP contribution >= 0.6 is 11.6 Å². The molecule has 21 heavy (non-hydrogen) atoms. The number of hydrogen-bond donors (Lipinski definition) is 1. The quantitative estimate of drug-likeness (QED) is 0.850. The van der Waals surface area contributed by atoms with Gasteiger partial charge in [0.05, 0.1) is 10.7 Å². The highest BCUT2D eigenvalue weighted by Gasteiger charge is 2.14. The van der Waals surface area contributed by atoms with E-state index in [1.165, 1.54) is 38.5 Å². The standard InChI is InChI=1S/C17H22ClN3/c18-15-8-4-9-16(17(15)21-13-5-11-20-21)19-12-10-14-6-2-1-3-7-14/h4-5,8-9,11,13-14,19H,1-3,6-7,10,12H2. The van der Waals surface area contributed by atoms with E-state index in [0.29, 0.717) is 0 Å². The molecule has 1 saturated carbocycles. The zero-order valence-corrected chi connectivity index (χ0v) is 13.0. The molecule has 0 bridgehead atoms. The van der Waals surface area contributed by atoms with Gasteiger partial charge < -0.3 is 5.32 Å². The van der Waals surface area contributed by atoms with Crippen LogP contribution in [0.4, 0.5) is 5.69 Å². The molecule has 0 unspecified atom stereocenters. The van der Waals surface area contributed by atoms with Crippen LogP contribution in [0.1, 0.15) is 38.5 Å². The zero-order valence-electron chi connectivity index (χ0n) is 12.3. The van der Waals surface area contributed by atoms with E-state index < -0.39 is 0 Å². The Bertz CT molecular complexity index is 559. The minimum atomic E-state index is 0.723. The lowest BCUT2D eigenvalue weighted by Gasteiger charge is -2.22. The predicted molar refractivity (Wildman–Crippen MR) is 88.3 cm³/mol. The van der Waals surface area contributed by atoms with Gasteiger partial charge in [-0.2, -0.15) is 5.10 Å². The summed E-state index contributed by atoms with van der Waals surface area (Å²) in [6.45, 7) is 0.999. The normalized spacial score (nSPS) is 16.0. The minimum absolute atomic E-state index is 0.723. The Morgan fingerprint density at radius 2 is 2.05 bits per heavy atom. The second kappa shape index (κ2) is 6.99. The van der Waals surface area contributed by atoms with Crippen molar-refractivity contribution in [3.63, 3.8) is 0 Å². The molecule has 3 nitrogen and oxygen atoms in total. The fourth-order valence-corrected chi connectivity index (χ4v) is 3.44. The number of para-hydroxylation sites is 1. The van der Waals surface area contributed by atoms with E-state index in [0.717, 1.165) is 28.9 Å². The van der Waals surface area contributed by atoms with Crippen molar-refractivity contribution in [2.45, 2.75) is 38.5 Å². The Morgan fingerprint density at radius 1 is 1.19 bits per heavy atom. The van der Waals surface area contributed by atoms with Crippen molar-refractivity contribution < 1.29 is 0 Å². The maximum absolute atomic E-state index is 6.35. The van der Waals surface area contributed by atoms with Crippen LogP contribution in [0.5, 0.6) is 0 Å². The number of halogens is 1. The van der Waals surface area contributed by atoms with Gasteiger partial charge >= 0.3 is 0 Å². The third-order valence-electron chi connectivity index (χ3n) is 4.31. The van der Waals surface area contributed by atoms with Gasteiger partial charge in [0.15, 0.2) is 0 Å². The summed E-state index contributed by atoms with van der Waals surface area (Å²) in [5.74, 6) is 0.888. The van der Waals surface area contributed by atoms with Gasteiger partial charge in [-0.1, -0.05) is 49.8 Å². The highest BCUT2D eigenvalue weighted by Crippen LogP contribution is 2.29. The highest BCUT2D eigenvalue weighted by atomic mass is 35.5. The number of hydrogen-bond acceptors (Lipinski definition) is 2. The SMILES string of the molecule is Clc1cccc(NCCC2CCCCC2)c1-n1cccn1. The minimum Gasteiger partial charge on any atom is -0.383 e. The highest BCUT2D eigenvalue weighted by molar-refractivity contribution is 6.33. The van der Waals surface area contributed by atoms with E-state index in [2.05, 4.69) is 16.5 Å². The van der Waals surface area contributed by atoms with Crippen molar-refractivity contribution in [3.05, 3.63) is 41.7 Å². The summed E-state index contributed by atoms with van der Waals surface area (Å²) < 4.78 is 1.82. The molecule has 1 fully saturated rings.